The van der Waals surface area contributed by atoms with Crippen molar-refractivity contribution in [1.29, 1.82) is 0 Å². The zero-order chi connectivity index (χ0) is 9.35. The van der Waals surface area contributed by atoms with Crippen molar-refractivity contribution in [2.45, 2.75) is 32.4 Å². The lowest BCUT2D eigenvalue weighted by molar-refractivity contribution is 0.121. The minimum absolute atomic E-state index is 0.128. The molecule has 1 amide bonds. The van der Waals surface area contributed by atoms with Gasteiger partial charge in [0.25, 0.3) is 0 Å². The van der Waals surface area contributed by atoms with Crippen LogP contribution < -0.4 is 5.73 Å². The first-order valence-corrected chi connectivity index (χ1v) is 4.13. The van der Waals surface area contributed by atoms with Crippen LogP contribution in [0, 0.1) is 0 Å². The van der Waals surface area contributed by atoms with Gasteiger partial charge in [0.1, 0.15) is 6.10 Å². The highest BCUT2D eigenvalue weighted by atomic mass is 16.6. The van der Waals surface area contributed by atoms with E-state index in [0.29, 0.717) is 13.1 Å². The Morgan fingerprint density at radius 2 is 2.25 bits per heavy atom. The molecule has 1 aliphatic rings. The molecule has 1 fully saturated rings. The molecule has 1 unspecified atom stereocenters. The van der Waals surface area contributed by atoms with Gasteiger partial charge in [-0.1, -0.05) is 0 Å². The van der Waals surface area contributed by atoms with Crippen molar-refractivity contribution in [1.82, 2.24) is 4.90 Å². The number of carbonyl (C=O) groups excluding carboxylic acids is 1. The lowest BCUT2D eigenvalue weighted by Gasteiger charge is -2.29. The summed E-state index contributed by atoms with van der Waals surface area (Å²) in [6.07, 6.45) is -0.380. The molecular weight excluding hydrogens is 156 g/mol. The van der Waals surface area contributed by atoms with E-state index >= 15 is 0 Å². The predicted octanol–water partition coefficient (Wildman–Crippen LogP) is 0.564. The third kappa shape index (κ3) is 1.69. The summed E-state index contributed by atoms with van der Waals surface area (Å²) in [6, 6.07) is 0. The monoisotopic (exact) mass is 172 g/mol. The maximum Gasteiger partial charge on any atom is 0.410 e. The fourth-order valence-electron chi connectivity index (χ4n) is 1.19. The van der Waals surface area contributed by atoms with E-state index in [1.165, 1.54) is 0 Å². The summed E-state index contributed by atoms with van der Waals surface area (Å²) in [5, 5.41) is 0. The molecule has 0 spiro atoms. The SMILES string of the molecule is CC(C)(C)N1CC(CN)OC1=O. The molecule has 4 heteroatoms. The second-order valence-electron chi connectivity index (χ2n) is 4.02. The number of rotatable bonds is 1. The van der Waals surface area contributed by atoms with E-state index in [-0.39, 0.29) is 17.7 Å². The van der Waals surface area contributed by atoms with E-state index in [1.54, 1.807) is 4.90 Å². The van der Waals surface area contributed by atoms with Crippen LogP contribution >= 0.6 is 0 Å². The van der Waals surface area contributed by atoms with Gasteiger partial charge in [0.15, 0.2) is 0 Å². The smallest absolute Gasteiger partial charge is 0.410 e. The molecular formula is C8H16N2O2. The van der Waals surface area contributed by atoms with Crippen molar-refractivity contribution in [3.05, 3.63) is 0 Å². The third-order valence-corrected chi connectivity index (χ3v) is 1.95. The second-order valence-corrected chi connectivity index (χ2v) is 4.02. The number of nitrogens with two attached hydrogens (primary N) is 1. The van der Waals surface area contributed by atoms with Gasteiger partial charge in [-0.2, -0.15) is 0 Å². The van der Waals surface area contributed by atoms with Crippen molar-refractivity contribution >= 4 is 6.09 Å². The molecule has 1 atom stereocenters. The summed E-state index contributed by atoms with van der Waals surface area (Å²) in [6.45, 7) is 6.95. The van der Waals surface area contributed by atoms with Crippen molar-refractivity contribution in [2.75, 3.05) is 13.1 Å². The standard InChI is InChI=1S/C8H16N2O2/c1-8(2,3)10-5-6(4-9)12-7(10)11/h6H,4-5,9H2,1-3H3. The van der Waals surface area contributed by atoms with Gasteiger partial charge < -0.3 is 10.5 Å². The average molecular weight is 172 g/mol. The number of nitrogens with zero attached hydrogens (tertiary/aromatic N) is 1. The molecule has 0 saturated carbocycles. The Morgan fingerprint density at radius 1 is 1.67 bits per heavy atom. The lowest BCUT2D eigenvalue weighted by Crippen LogP contribution is -2.42. The van der Waals surface area contributed by atoms with Gasteiger partial charge in [0.2, 0.25) is 0 Å². The summed E-state index contributed by atoms with van der Waals surface area (Å²) < 4.78 is 5.01. The number of carbonyl (C=O) groups is 1. The first kappa shape index (κ1) is 9.32. The van der Waals surface area contributed by atoms with Crippen LogP contribution in [0.25, 0.3) is 0 Å². The van der Waals surface area contributed by atoms with Crippen LogP contribution in [-0.2, 0) is 4.74 Å². The van der Waals surface area contributed by atoms with Crippen molar-refractivity contribution in [3.8, 4) is 0 Å². The van der Waals surface area contributed by atoms with Gasteiger partial charge in [-0.05, 0) is 20.8 Å². The number of hydrogen-bond donors (Lipinski definition) is 1. The van der Waals surface area contributed by atoms with Gasteiger partial charge in [-0.15, -0.1) is 0 Å². The molecule has 70 valence electrons. The quantitative estimate of drug-likeness (QED) is 0.629. The number of amides is 1. The highest BCUT2D eigenvalue weighted by Crippen LogP contribution is 2.21. The molecule has 0 bridgehead atoms. The van der Waals surface area contributed by atoms with Crippen LogP contribution in [0.5, 0.6) is 0 Å². The van der Waals surface area contributed by atoms with Crippen LogP contribution in [0.1, 0.15) is 20.8 Å². The summed E-state index contributed by atoms with van der Waals surface area (Å²) in [5.41, 5.74) is 5.23. The largest absolute Gasteiger partial charge is 0.443 e. The van der Waals surface area contributed by atoms with Crippen molar-refractivity contribution < 1.29 is 9.53 Å². The van der Waals surface area contributed by atoms with Crippen molar-refractivity contribution in [3.63, 3.8) is 0 Å². The maximum absolute atomic E-state index is 11.2. The van der Waals surface area contributed by atoms with Gasteiger partial charge in [0, 0.05) is 12.1 Å². The van der Waals surface area contributed by atoms with E-state index in [0.717, 1.165) is 0 Å². The molecule has 1 rings (SSSR count). The van der Waals surface area contributed by atoms with Crippen LogP contribution in [-0.4, -0.2) is 35.7 Å². The molecule has 0 aromatic heterocycles. The molecule has 12 heavy (non-hydrogen) atoms. The molecule has 1 saturated heterocycles. The van der Waals surface area contributed by atoms with E-state index in [2.05, 4.69) is 0 Å². The van der Waals surface area contributed by atoms with Gasteiger partial charge >= 0.3 is 6.09 Å². The predicted molar refractivity (Wildman–Crippen MR) is 45.8 cm³/mol. The number of cyclic esters (lactones) is 1. The molecule has 0 aromatic carbocycles. The Hall–Kier alpha value is -0.770. The lowest BCUT2D eigenvalue weighted by atomic mass is 10.1. The van der Waals surface area contributed by atoms with Crippen LogP contribution in [0.15, 0.2) is 0 Å². The van der Waals surface area contributed by atoms with E-state index < -0.39 is 0 Å². The molecule has 2 N–H and O–H groups in total. The van der Waals surface area contributed by atoms with E-state index in [9.17, 15) is 4.79 Å². The van der Waals surface area contributed by atoms with E-state index in [1.807, 2.05) is 20.8 Å². The minimum Gasteiger partial charge on any atom is -0.443 e. The number of ether oxygens (including phenoxy) is 1. The normalized spacial score (nSPS) is 24.5. The molecule has 0 aromatic rings. The zero-order valence-electron chi connectivity index (χ0n) is 7.83. The summed E-state index contributed by atoms with van der Waals surface area (Å²) in [5.74, 6) is 0. The topological polar surface area (TPSA) is 55.6 Å². The van der Waals surface area contributed by atoms with Crippen LogP contribution in [0.4, 0.5) is 4.79 Å². The second kappa shape index (κ2) is 2.94. The summed E-state index contributed by atoms with van der Waals surface area (Å²) in [7, 11) is 0. The minimum atomic E-state index is -0.252. The van der Waals surface area contributed by atoms with E-state index in [4.69, 9.17) is 10.5 Å². The van der Waals surface area contributed by atoms with Crippen molar-refractivity contribution in [2.24, 2.45) is 5.73 Å². The summed E-state index contributed by atoms with van der Waals surface area (Å²) >= 11 is 0. The molecule has 4 nitrogen and oxygen atoms in total. The fourth-order valence-corrected chi connectivity index (χ4v) is 1.19. The Labute approximate surface area is 72.7 Å². The number of hydrogen-bond acceptors (Lipinski definition) is 3. The average Bonchev–Trinajstić information content (AvgIpc) is 2.29. The maximum atomic E-state index is 11.2. The highest BCUT2D eigenvalue weighted by molar-refractivity contribution is 5.70. The molecule has 0 aliphatic carbocycles. The first-order chi connectivity index (χ1) is 5.45. The Morgan fingerprint density at radius 3 is 2.50 bits per heavy atom. The molecule has 1 aliphatic heterocycles. The van der Waals surface area contributed by atoms with Gasteiger partial charge in [-0.25, -0.2) is 4.79 Å². The van der Waals surface area contributed by atoms with Crippen LogP contribution in [0.3, 0.4) is 0 Å². The Balaban J connectivity index is 2.64. The van der Waals surface area contributed by atoms with Gasteiger partial charge in [0.05, 0.1) is 6.54 Å². The Bertz CT molecular complexity index is 186. The Kier molecular flexibility index (Phi) is 2.28. The zero-order valence-corrected chi connectivity index (χ0v) is 7.83. The highest BCUT2D eigenvalue weighted by Gasteiger charge is 2.37. The molecule has 1 heterocycles. The third-order valence-electron chi connectivity index (χ3n) is 1.95. The summed E-state index contributed by atoms with van der Waals surface area (Å²) in [4.78, 5) is 12.9. The van der Waals surface area contributed by atoms with Gasteiger partial charge in [-0.3, -0.25) is 4.90 Å². The first-order valence-electron chi connectivity index (χ1n) is 4.13. The fraction of sp³-hybridized carbons (Fsp3) is 0.875. The van der Waals surface area contributed by atoms with Crippen LogP contribution in [0.2, 0.25) is 0 Å². The molecule has 0 radical (unpaired) electrons.